The SMILES string of the molecule is C/C=C/C(CC1CCNC1=O)NC(=O)c1ccc2ccccc2c1. The molecule has 2 unspecified atom stereocenters. The molecule has 0 aromatic heterocycles. The first-order chi connectivity index (χ1) is 11.7. The molecule has 2 amide bonds. The molecule has 0 spiro atoms. The number of hydrogen-bond donors (Lipinski definition) is 2. The van der Waals surface area contributed by atoms with Gasteiger partial charge in [-0.2, -0.15) is 0 Å². The van der Waals surface area contributed by atoms with Crippen LogP contribution in [-0.4, -0.2) is 24.4 Å². The molecule has 4 heteroatoms. The Labute approximate surface area is 141 Å². The zero-order chi connectivity index (χ0) is 16.9. The highest BCUT2D eigenvalue weighted by molar-refractivity contribution is 5.98. The summed E-state index contributed by atoms with van der Waals surface area (Å²) < 4.78 is 0. The second kappa shape index (κ2) is 7.30. The van der Waals surface area contributed by atoms with Crippen LogP contribution in [0.25, 0.3) is 10.8 Å². The molecule has 0 radical (unpaired) electrons. The highest BCUT2D eigenvalue weighted by Crippen LogP contribution is 2.18. The fraction of sp³-hybridized carbons (Fsp3) is 0.300. The van der Waals surface area contributed by atoms with Gasteiger partial charge in [0.1, 0.15) is 0 Å². The van der Waals surface area contributed by atoms with Gasteiger partial charge in [-0.05, 0) is 42.7 Å². The monoisotopic (exact) mass is 322 g/mol. The summed E-state index contributed by atoms with van der Waals surface area (Å²) in [5, 5.41) is 8.04. The molecule has 2 aromatic carbocycles. The van der Waals surface area contributed by atoms with Crippen LogP contribution in [0.15, 0.2) is 54.6 Å². The van der Waals surface area contributed by atoms with Gasteiger partial charge in [0.15, 0.2) is 0 Å². The summed E-state index contributed by atoms with van der Waals surface area (Å²) in [6, 6.07) is 13.5. The van der Waals surface area contributed by atoms with E-state index in [2.05, 4.69) is 10.6 Å². The fourth-order valence-electron chi connectivity index (χ4n) is 3.18. The van der Waals surface area contributed by atoms with Crippen LogP contribution in [0.3, 0.4) is 0 Å². The van der Waals surface area contributed by atoms with Gasteiger partial charge in [0, 0.05) is 24.1 Å². The predicted molar refractivity (Wildman–Crippen MR) is 95.7 cm³/mol. The van der Waals surface area contributed by atoms with Gasteiger partial charge in [0.05, 0.1) is 0 Å². The third-order valence-electron chi connectivity index (χ3n) is 4.45. The quantitative estimate of drug-likeness (QED) is 0.831. The van der Waals surface area contributed by atoms with Crippen LogP contribution in [0, 0.1) is 5.92 Å². The van der Waals surface area contributed by atoms with Crippen molar-refractivity contribution in [1.82, 2.24) is 10.6 Å². The number of fused-ring (bicyclic) bond motifs is 1. The Balaban J connectivity index is 1.73. The summed E-state index contributed by atoms with van der Waals surface area (Å²) >= 11 is 0. The van der Waals surface area contributed by atoms with E-state index in [0.717, 1.165) is 23.7 Å². The van der Waals surface area contributed by atoms with Crippen LogP contribution in [0.4, 0.5) is 0 Å². The molecule has 2 aromatic rings. The summed E-state index contributed by atoms with van der Waals surface area (Å²) in [5.74, 6) is -0.0465. The number of nitrogens with one attached hydrogen (secondary N) is 2. The van der Waals surface area contributed by atoms with Crippen molar-refractivity contribution in [2.45, 2.75) is 25.8 Å². The van der Waals surface area contributed by atoms with Crippen molar-refractivity contribution >= 4 is 22.6 Å². The Morgan fingerprint density at radius 2 is 2.08 bits per heavy atom. The molecule has 0 saturated carbocycles. The van der Waals surface area contributed by atoms with Crippen LogP contribution >= 0.6 is 0 Å². The molecule has 2 N–H and O–H groups in total. The molecule has 1 saturated heterocycles. The summed E-state index contributed by atoms with van der Waals surface area (Å²) in [5.41, 5.74) is 0.638. The smallest absolute Gasteiger partial charge is 0.251 e. The summed E-state index contributed by atoms with van der Waals surface area (Å²) in [6.07, 6.45) is 5.33. The molecule has 1 aliphatic rings. The molecule has 4 nitrogen and oxygen atoms in total. The van der Waals surface area contributed by atoms with E-state index in [0.29, 0.717) is 12.0 Å². The molecule has 1 aliphatic heterocycles. The van der Waals surface area contributed by atoms with Crippen molar-refractivity contribution in [2.24, 2.45) is 5.92 Å². The fourth-order valence-corrected chi connectivity index (χ4v) is 3.18. The first-order valence-electron chi connectivity index (χ1n) is 8.37. The van der Waals surface area contributed by atoms with Gasteiger partial charge < -0.3 is 10.6 Å². The van der Waals surface area contributed by atoms with E-state index >= 15 is 0 Å². The first kappa shape index (κ1) is 16.2. The largest absolute Gasteiger partial charge is 0.356 e. The molecule has 2 atom stereocenters. The standard InChI is InChI=1S/C20H22N2O2/c1-2-5-18(13-17-10-11-21-19(17)23)22-20(24)16-9-8-14-6-3-4-7-15(14)12-16/h2-9,12,17-18H,10-11,13H2,1H3,(H,21,23)(H,22,24)/b5-2+. The Bertz CT molecular complexity index is 782. The second-order valence-corrected chi connectivity index (χ2v) is 6.18. The highest BCUT2D eigenvalue weighted by atomic mass is 16.2. The Morgan fingerprint density at radius 1 is 1.29 bits per heavy atom. The van der Waals surface area contributed by atoms with E-state index < -0.39 is 0 Å². The number of hydrogen-bond acceptors (Lipinski definition) is 2. The molecular formula is C20H22N2O2. The average Bonchev–Trinajstić information content (AvgIpc) is 2.99. The molecule has 124 valence electrons. The molecule has 3 rings (SSSR count). The number of benzene rings is 2. The van der Waals surface area contributed by atoms with Gasteiger partial charge in [0.2, 0.25) is 5.91 Å². The highest BCUT2D eigenvalue weighted by Gasteiger charge is 2.27. The van der Waals surface area contributed by atoms with Crippen LogP contribution in [0.2, 0.25) is 0 Å². The Morgan fingerprint density at radius 3 is 2.79 bits per heavy atom. The van der Waals surface area contributed by atoms with Gasteiger partial charge >= 0.3 is 0 Å². The third-order valence-corrected chi connectivity index (χ3v) is 4.45. The Hall–Kier alpha value is -2.62. The number of carbonyl (C=O) groups excluding carboxylic acids is 2. The third kappa shape index (κ3) is 3.65. The molecular weight excluding hydrogens is 300 g/mol. The normalized spacial score (nSPS) is 18.7. The van der Waals surface area contributed by atoms with Crippen molar-refractivity contribution in [2.75, 3.05) is 6.54 Å². The van der Waals surface area contributed by atoms with Crippen molar-refractivity contribution in [1.29, 1.82) is 0 Å². The summed E-state index contributed by atoms with van der Waals surface area (Å²) in [4.78, 5) is 24.4. The lowest BCUT2D eigenvalue weighted by Gasteiger charge is -2.18. The van der Waals surface area contributed by atoms with E-state index in [1.165, 1.54) is 0 Å². The number of amides is 2. The maximum atomic E-state index is 12.6. The van der Waals surface area contributed by atoms with Gasteiger partial charge in [-0.1, -0.05) is 42.5 Å². The van der Waals surface area contributed by atoms with Gasteiger partial charge in [-0.15, -0.1) is 0 Å². The van der Waals surface area contributed by atoms with Crippen molar-refractivity contribution in [3.8, 4) is 0 Å². The average molecular weight is 322 g/mol. The maximum Gasteiger partial charge on any atom is 0.251 e. The second-order valence-electron chi connectivity index (χ2n) is 6.18. The van der Waals surface area contributed by atoms with Crippen LogP contribution in [0.1, 0.15) is 30.1 Å². The summed E-state index contributed by atoms with van der Waals surface area (Å²) in [7, 11) is 0. The van der Waals surface area contributed by atoms with Crippen LogP contribution in [0.5, 0.6) is 0 Å². The van der Waals surface area contributed by atoms with Crippen LogP contribution in [-0.2, 0) is 4.79 Å². The summed E-state index contributed by atoms with van der Waals surface area (Å²) in [6.45, 7) is 2.65. The minimum atomic E-state index is -0.136. The topological polar surface area (TPSA) is 58.2 Å². The van der Waals surface area contributed by atoms with Crippen LogP contribution < -0.4 is 10.6 Å². The van der Waals surface area contributed by atoms with E-state index in [9.17, 15) is 9.59 Å². The lowest BCUT2D eigenvalue weighted by Crippen LogP contribution is -2.36. The van der Waals surface area contributed by atoms with Gasteiger partial charge in [-0.25, -0.2) is 0 Å². The number of rotatable bonds is 5. The number of allylic oxidation sites excluding steroid dienone is 1. The van der Waals surface area contributed by atoms with Gasteiger partial charge in [-0.3, -0.25) is 9.59 Å². The molecule has 0 bridgehead atoms. The van der Waals surface area contributed by atoms with E-state index in [1.807, 2.05) is 61.5 Å². The molecule has 1 heterocycles. The first-order valence-corrected chi connectivity index (χ1v) is 8.37. The van der Waals surface area contributed by atoms with E-state index in [4.69, 9.17) is 0 Å². The zero-order valence-electron chi connectivity index (χ0n) is 13.8. The maximum absolute atomic E-state index is 12.6. The predicted octanol–water partition coefficient (Wildman–Crippen LogP) is 3.04. The van der Waals surface area contributed by atoms with Crippen molar-refractivity contribution < 1.29 is 9.59 Å². The van der Waals surface area contributed by atoms with Crippen molar-refractivity contribution in [3.63, 3.8) is 0 Å². The molecule has 1 fully saturated rings. The van der Waals surface area contributed by atoms with E-state index in [-0.39, 0.29) is 23.8 Å². The van der Waals surface area contributed by atoms with Gasteiger partial charge in [0.25, 0.3) is 5.91 Å². The lowest BCUT2D eigenvalue weighted by molar-refractivity contribution is -0.122. The zero-order valence-corrected chi connectivity index (χ0v) is 13.8. The molecule has 24 heavy (non-hydrogen) atoms. The van der Waals surface area contributed by atoms with Crippen molar-refractivity contribution in [3.05, 3.63) is 60.2 Å². The lowest BCUT2D eigenvalue weighted by atomic mass is 9.97. The molecule has 0 aliphatic carbocycles. The van der Waals surface area contributed by atoms with E-state index in [1.54, 1.807) is 0 Å². The Kier molecular flexibility index (Phi) is 4.94. The minimum absolute atomic E-state index is 0.0249. The number of carbonyl (C=O) groups is 2. The minimum Gasteiger partial charge on any atom is -0.356 e.